The number of ether oxygens (including phenoxy) is 5. The highest BCUT2D eigenvalue weighted by Crippen LogP contribution is 2.38. The molecule has 6 aliphatic rings. The Morgan fingerprint density at radius 2 is 0.829 bits per heavy atom. The van der Waals surface area contributed by atoms with Crippen LogP contribution in [0.4, 0.5) is 83.1 Å². The van der Waals surface area contributed by atoms with Crippen molar-refractivity contribution in [2.24, 2.45) is 7.05 Å². The summed E-state index contributed by atoms with van der Waals surface area (Å²) in [5.41, 5.74) is 10.4. The van der Waals surface area contributed by atoms with Gasteiger partial charge in [-0.3, -0.25) is 39.0 Å². The van der Waals surface area contributed by atoms with Crippen molar-refractivity contribution in [2.75, 3.05) is 57.2 Å². The molecule has 6 aromatic carbocycles. The summed E-state index contributed by atoms with van der Waals surface area (Å²) in [4.78, 5) is 85.3. The first-order valence-electron chi connectivity index (χ1n) is 37.8. The summed E-state index contributed by atoms with van der Waals surface area (Å²) in [5, 5.41) is 19.4. The summed E-state index contributed by atoms with van der Waals surface area (Å²) in [6, 6.07) is 33.9. The summed E-state index contributed by atoms with van der Waals surface area (Å²) in [6.07, 6.45) is 14.5. The number of halogens is 7. The van der Waals surface area contributed by atoms with Crippen molar-refractivity contribution in [3.63, 3.8) is 0 Å². The number of alkyl halides is 2. The van der Waals surface area contributed by atoms with E-state index in [4.69, 9.17) is 23.7 Å². The normalized spacial score (nSPS) is 18.0. The minimum Gasteiger partial charge on any atom is -0.444 e. The smallest absolute Gasteiger partial charge is 0.414 e. The molecule has 5 saturated heterocycles. The number of nitrogens with one attached hydrogen (secondary N) is 2. The number of rotatable bonds is 16. The van der Waals surface area contributed by atoms with Crippen LogP contribution in [0.15, 0.2) is 183 Å². The Hall–Kier alpha value is -13.6. The minimum absolute atomic E-state index is 0.101. The van der Waals surface area contributed by atoms with Crippen molar-refractivity contribution in [3.05, 3.63) is 223 Å². The molecule has 6 aromatic heterocycles. The lowest BCUT2D eigenvalue weighted by molar-refractivity contribution is 0.0566. The number of carbonyl (C=O) groups excluding carboxylic acids is 6. The number of hydrogen-bond acceptors (Lipinski definition) is 16. The van der Waals surface area contributed by atoms with E-state index in [0.29, 0.717) is 129 Å². The minimum atomic E-state index is -2.78. The molecule has 0 saturated carbocycles. The van der Waals surface area contributed by atoms with Crippen LogP contribution in [0.3, 0.4) is 0 Å². The van der Waals surface area contributed by atoms with Gasteiger partial charge in [0.25, 0.3) is 5.91 Å². The van der Waals surface area contributed by atoms with Crippen LogP contribution in [0.25, 0.3) is 72.1 Å². The number of fused-ring (bicyclic) bond motifs is 3. The number of carbonyl (C=O) groups is 6. The van der Waals surface area contributed by atoms with Gasteiger partial charge in [-0.1, -0.05) is 40.7 Å². The Labute approximate surface area is 664 Å². The lowest BCUT2D eigenvalue weighted by atomic mass is 9.99. The number of H-pyrrole nitrogens is 1. The first-order chi connectivity index (χ1) is 56.5. The lowest BCUT2D eigenvalue weighted by Crippen LogP contribution is -2.24. The molecule has 5 fully saturated rings. The van der Waals surface area contributed by atoms with Gasteiger partial charge >= 0.3 is 37.0 Å². The first kappa shape index (κ1) is 80.0. The molecule has 12 aromatic rings. The maximum Gasteiger partial charge on any atom is 0.414 e. The van der Waals surface area contributed by atoms with Gasteiger partial charge in [-0.25, -0.2) is 50.6 Å². The number of anilines is 5. The number of aryl methyl sites for hydroxylation is 1. The van der Waals surface area contributed by atoms with Crippen molar-refractivity contribution in [1.82, 2.24) is 49.7 Å². The molecule has 604 valence electrons. The number of cyclic esters (lactones) is 5. The molecule has 0 bridgehead atoms. The summed E-state index contributed by atoms with van der Waals surface area (Å²) in [7, 11) is 1.78. The number of benzene rings is 6. The highest BCUT2D eigenvalue weighted by atomic mass is 19.3. The molecule has 33 heteroatoms. The van der Waals surface area contributed by atoms with Crippen molar-refractivity contribution >= 4 is 81.2 Å². The molecule has 0 aliphatic carbocycles. The third-order valence-electron chi connectivity index (χ3n) is 20.6. The Kier molecular flexibility index (Phi) is 23.7. The molecule has 26 nitrogen and oxygen atoms in total. The quantitative estimate of drug-likeness (QED) is 0.0672. The first-order valence-corrected chi connectivity index (χ1v) is 37.8. The van der Waals surface area contributed by atoms with Gasteiger partial charge in [-0.2, -0.15) is 33.8 Å². The Balaban J connectivity index is 0.000000121. The third kappa shape index (κ3) is 17.1. The maximum atomic E-state index is 14.7. The standard InChI is InChI=1S/C19H17FN2O3.C18H16FN3O2.C17H15FN4O2.C15H14F3N3O2.C15H16FN3O2/c1-2-14-10-22(19(24)25-14)13-4-6-15(17(20)8-13)11-3-5-16-12(7-11)9-21-18(16)23;1-2-12-10-22(18(23)24-12)11-3-4-13(16(19)7-11)15-8-20-9-17-14(15)5-6-21-17;1-2-12-10-21(17(23)24-12)11-5-6-13(15(18)8-11)14-9-20-22-16(14)4-3-7-19-22;1-2-11-8-20(15(22)23-11)10-3-4-12(13(16)5-10)9-6-19-21(7-9)14(17)18;1-3-12-9-19(15(20)21-12)11-4-5-13(14(16)6-11)10-7-17-18(2)8-10/h3-8,14H,2,9-10H2,1H3,(H,21,23);3-9,12,21H,2,10H2,1H3;3-9,12H,2,10H2,1H3;3-7,11,14H,2,8H2,1H3;4-8,12H,3,9H2,1-2H3/t14-;2*12-;11-;12-/m00000/s1. The number of amides is 6. The fraction of sp³-hybridized carbons (Fsp3) is 0.274. The number of hydrogen-bond donors (Lipinski definition) is 2. The van der Waals surface area contributed by atoms with Gasteiger partial charge in [-0.05, 0) is 165 Å². The van der Waals surface area contributed by atoms with Gasteiger partial charge in [0.1, 0.15) is 59.6 Å². The molecule has 117 heavy (non-hydrogen) atoms. The third-order valence-corrected chi connectivity index (χ3v) is 20.6. The van der Waals surface area contributed by atoms with Gasteiger partial charge in [0.15, 0.2) is 0 Å². The SMILES string of the molecule is CC[C@H]1CN(c2ccc(-c3ccc4c(c3)CNC4=O)c(F)c2)C(=O)O1.CC[C@H]1CN(c2ccc(-c3cncc4[nH]ccc34)c(F)c2)C(=O)O1.CC[C@H]1CN(c2ccc(-c3cnn(C(F)F)c3)c(F)c2)C(=O)O1.CC[C@H]1CN(c2ccc(-c3cnn(C)c3)c(F)c2)C(=O)O1.CC[C@H]1CN(c2ccc(-c3cnn4ncccc34)c(F)c2)C(=O)O1. The van der Waals surface area contributed by atoms with E-state index in [9.17, 15) is 59.5 Å². The summed E-state index contributed by atoms with van der Waals surface area (Å²) < 4.78 is 127. The molecule has 0 unspecified atom stereocenters. The number of aromatic nitrogens is 9. The average Bonchev–Trinajstić information content (AvgIpc) is 1.73. The Morgan fingerprint density at radius 3 is 1.23 bits per heavy atom. The molecule has 12 heterocycles. The van der Waals surface area contributed by atoms with Crippen molar-refractivity contribution < 1.29 is 83.2 Å². The zero-order chi connectivity index (χ0) is 82.5. The monoisotopic (exact) mass is 1610 g/mol. The van der Waals surface area contributed by atoms with Crippen molar-refractivity contribution in [3.8, 4) is 55.6 Å². The largest absolute Gasteiger partial charge is 0.444 e. The van der Waals surface area contributed by atoms with Crippen LogP contribution >= 0.6 is 0 Å². The van der Waals surface area contributed by atoms with Crippen LogP contribution in [0.1, 0.15) is 89.2 Å². The van der Waals surface area contributed by atoms with E-state index in [1.54, 1.807) is 128 Å². The summed E-state index contributed by atoms with van der Waals surface area (Å²) in [5.74, 6) is -2.33. The van der Waals surface area contributed by atoms with E-state index < -0.39 is 60.3 Å². The second-order valence-electron chi connectivity index (χ2n) is 28.0. The van der Waals surface area contributed by atoms with E-state index in [1.165, 1.54) is 71.7 Å². The molecule has 6 amide bonds. The van der Waals surface area contributed by atoms with Gasteiger partial charge in [0, 0.05) is 106 Å². The zero-order valence-electron chi connectivity index (χ0n) is 64.0. The Bertz CT molecular complexity index is 5730. The topological polar surface area (TPSA) is 271 Å². The van der Waals surface area contributed by atoms with E-state index in [0.717, 1.165) is 53.9 Å². The number of pyridine rings is 1. The van der Waals surface area contributed by atoms with Gasteiger partial charge in [0.2, 0.25) is 0 Å². The molecule has 0 spiro atoms. The second-order valence-corrected chi connectivity index (χ2v) is 28.0. The number of nitrogens with zero attached hydrogens (tertiary/aromatic N) is 13. The van der Waals surface area contributed by atoms with E-state index in [2.05, 4.69) is 35.7 Å². The van der Waals surface area contributed by atoms with E-state index in [-0.39, 0.29) is 53.4 Å². The predicted molar refractivity (Wildman–Crippen MR) is 420 cm³/mol. The van der Waals surface area contributed by atoms with Crippen LogP contribution in [0.5, 0.6) is 0 Å². The van der Waals surface area contributed by atoms with Crippen molar-refractivity contribution in [2.45, 2.75) is 110 Å². The lowest BCUT2D eigenvalue weighted by Gasteiger charge is -2.14. The van der Waals surface area contributed by atoms with Gasteiger partial charge in [-0.15, -0.1) is 0 Å². The average molecular weight is 1610 g/mol. The zero-order valence-corrected chi connectivity index (χ0v) is 64.0. The van der Waals surface area contributed by atoms with Crippen LogP contribution in [0.2, 0.25) is 0 Å². The van der Waals surface area contributed by atoms with Gasteiger partial charge in [0.05, 0.1) is 97.0 Å². The van der Waals surface area contributed by atoms with Crippen LogP contribution < -0.4 is 29.8 Å². The van der Waals surface area contributed by atoms with E-state index >= 15 is 0 Å². The fourth-order valence-electron chi connectivity index (χ4n) is 14.0. The summed E-state index contributed by atoms with van der Waals surface area (Å²) in [6.45, 7) is 9.51. The molecule has 2 N–H and O–H groups in total. The highest BCUT2D eigenvalue weighted by Gasteiger charge is 2.37. The van der Waals surface area contributed by atoms with Crippen LogP contribution in [0, 0.1) is 29.1 Å². The van der Waals surface area contributed by atoms with Crippen LogP contribution in [-0.2, 0) is 37.3 Å². The fourth-order valence-corrected chi connectivity index (χ4v) is 14.0. The molecule has 6 aliphatic heterocycles. The maximum absolute atomic E-state index is 14.7. The number of aromatic amines is 1. The molecule has 18 rings (SSSR count). The molecular formula is C84H78F7N15O11. The predicted octanol–water partition coefficient (Wildman–Crippen LogP) is 17.6. The van der Waals surface area contributed by atoms with Crippen LogP contribution in [-0.4, -0.2) is 144 Å². The second kappa shape index (κ2) is 34.6. The summed E-state index contributed by atoms with van der Waals surface area (Å²) >= 11 is 0. The molecular weight excluding hydrogens is 1530 g/mol. The molecule has 5 atom stereocenters. The van der Waals surface area contributed by atoms with Crippen molar-refractivity contribution in [1.29, 1.82) is 0 Å². The highest BCUT2D eigenvalue weighted by molar-refractivity contribution is 6.00. The molecule has 0 radical (unpaired) electrons. The van der Waals surface area contributed by atoms with E-state index in [1.807, 2.05) is 52.8 Å². The Morgan fingerprint density at radius 1 is 0.419 bits per heavy atom. The van der Waals surface area contributed by atoms with Gasteiger partial charge < -0.3 is 34.0 Å².